The van der Waals surface area contributed by atoms with Crippen LogP contribution >= 0.6 is 11.6 Å². The first-order chi connectivity index (χ1) is 9.99. The standard InChI is InChI=1S/C17H24ClN3/c1-6-19-16(17-14(18)10-20-21(17)7-2)15-12(4)8-11(3)9-13(15)5/h8-10,16,19H,6-7H2,1-5H3. The molecule has 114 valence electrons. The third-order valence-corrected chi connectivity index (χ3v) is 4.13. The highest BCUT2D eigenvalue weighted by atomic mass is 35.5. The Morgan fingerprint density at radius 3 is 2.33 bits per heavy atom. The van der Waals surface area contributed by atoms with Crippen molar-refractivity contribution in [1.82, 2.24) is 15.1 Å². The molecule has 1 N–H and O–H groups in total. The Bertz CT molecular complexity index is 608. The Labute approximate surface area is 132 Å². The summed E-state index contributed by atoms with van der Waals surface area (Å²) in [7, 11) is 0. The fraction of sp³-hybridized carbons (Fsp3) is 0.471. The minimum atomic E-state index is 0.0746. The van der Waals surface area contributed by atoms with Gasteiger partial charge in [-0.05, 0) is 50.9 Å². The first kappa shape index (κ1) is 16.1. The maximum atomic E-state index is 6.42. The molecule has 0 amide bonds. The second-order valence-electron chi connectivity index (χ2n) is 5.50. The predicted molar refractivity (Wildman–Crippen MR) is 89.1 cm³/mol. The van der Waals surface area contributed by atoms with E-state index in [0.717, 1.165) is 23.8 Å². The van der Waals surface area contributed by atoms with Crippen LogP contribution in [0.1, 0.15) is 47.8 Å². The predicted octanol–water partition coefficient (Wildman–Crippen LogP) is 4.18. The van der Waals surface area contributed by atoms with Crippen molar-refractivity contribution in [3.63, 3.8) is 0 Å². The molecule has 21 heavy (non-hydrogen) atoms. The molecule has 0 aliphatic carbocycles. The van der Waals surface area contributed by atoms with Gasteiger partial charge in [-0.25, -0.2) is 0 Å². The number of benzene rings is 1. The Hall–Kier alpha value is -1.32. The van der Waals surface area contributed by atoms with Crippen molar-refractivity contribution in [3.8, 4) is 0 Å². The summed E-state index contributed by atoms with van der Waals surface area (Å²) in [6.07, 6.45) is 1.74. The van der Waals surface area contributed by atoms with Crippen LogP contribution in [0, 0.1) is 20.8 Å². The van der Waals surface area contributed by atoms with Crippen molar-refractivity contribution < 1.29 is 0 Å². The first-order valence-corrected chi connectivity index (χ1v) is 7.89. The molecule has 0 fully saturated rings. The van der Waals surface area contributed by atoms with E-state index in [2.05, 4.69) is 57.2 Å². The van der Waals surface area contributed by atoms with E-state index in [-0.39, 0.29) is 6.04 Å². The van der Waals surface area contributed by atoms with E-state index in [9.17, 15) is 0 Å². The molecule has 0 radical (unpaired) electrons. The molecule has 1 heterocycles. The molecule has 1 aromatic carbocycles. The number of rotatable bonds is 5. The Morgan fingerprint density at radius 1 is 1.19 bits per heavy atom. The molecule has 1 unspecified atom stereocenters. The van der Waals surface area contributed by atoms with Gasteiger partial charge in [-0.15, -0.1) is 0 Å². The van der Waals surface area contributed by atoms with Gasteiger partial charge in [0.25, 0.3) is 0 Å². The zero-order chi connectivity index (χ0) is 15.6. The largest absolute Gasteiger partial charge is 0.305 e. The molecular weight excluding hydrogens is 282 g/mol. The lowest BCUT2D eigenvalue weighted by Crippen LogP contribution is -2.26. The molecule has 0 saturated heterocycles. The molecule has 0 aliphatic heterocycles. The van der Waals surface area contributed by atoms with Crippen LogP contribution in [0.3, 0.4) is 0 Å². The lowest BCUT2D eigenvalue weighted by molar-refractivity contribution is 0.539. The van der Waals surface area contributed by atoms with Crippen molar-refractivity contribution in [2.45, 2.75) is 47.2 Å². The van der Waals surface area contributed by atoms with Gasteiger partial charge in [0.1, 0.15) is 0 Å². The smallest absolute Gasteiger partial charge is 0.0837 e. The normalized spacial score (nSPS) is 12.7. The molecule has 0 aliphatic rings. The van der Waals surface area contributed by atoms with Gasteiger partial charge in [-0.1, -0.05) is 36.2 Å². The number of halogens is 1. The van der Waals surface area contributed by atoms with Crippen LogP contribution < -0.4 is 5.32 Å². The van der Waals surface area contributed by atoms with Gasteiger partial charge in [0.2, 0.25) is 0 Å². The zero-order valence-electron chi connectivity index (χ0n) is 13.5. The van der Waals surface area contributed by atoms with Gasteiger partial charge >= 0.3 is 0 Å². The van der Waals surface area contributed by atoms with E-state index in [0.29, 0.717) is 0 Å². The minimum absolute atomic E-state index is 0.0746. The lowest BCUT2D eigenvalue weighted by Gasteiger charge is -2.24. The van der Waals surface area contributed by atoms with Crippen LogP contribution in [0.25, 0.3) is 0 Å². The summed E-state index contributed by atoms with van der Waals surface area (Å²) < 4.78 is 1.98. The van der Waals surface area contributed by atoms with Crippen molar-refractivity contribution in [1.29, 1.82) is 0 Å². The third kappa shape index (κ3) is 3.14. The number of nitrogens with zero attached hydrogens (tertiary/aromatic N) is 2. The number of nitrogens with one attached hydrogen (secondary N) is 1. The molecule has 0 bridgehead atoms. The monoisotopic (exact) mass is 305 g/mol. The maximum Gasteiger partial charge on any atom is 0.0837 e. The maximum absolute atomic E-state index is 6.42. The summed E-state index contributed by atoms with van der Waals surface area (Å²) in [6.45, 7) is 12.4. The molecule has 4 heteroatoms. The molecule has 2 rings (SSSR count). The zero-order valence-corrected chi connectivity index (χ0v) is 14.3. The van der Waals surface area contributed by atoms with Crippen LogP contribution in [0.4, 0.5) is 0 Å². The van der Waals surface area contributed by atoms with Crippen LogP contribution in [0.2, 0.25) is 5.02 Å². The molecule has 0 spiro atoms. The molecule has 0 saturated carbocycles. The van der Waals surface area contributed by atoms with Crippen molar-refractivity contribution in [2.24, 2.45) is 0 Å². The summed E-state index contributed by atoms with van der Waals surface area (Å²) >= 11 is 6.42. The van der Waals surface area contributed by atoms with Crippen molar-refractivity contribution in [3.05, 3.63) is 51.3 Å². The Balaban J connectivity index is 2.62. The van der Waals surface area contributed by atoms with Gasteiger partial charge in [0, 0.05) is 6.54 Å². The summed E-state index contributed by atoms with van der Waals surface area (Å²) in [5.41, 5.74) is 6.23. The van der Waals surface area contributed by atoms with E-state index < -0.39 is 0 Å². The number of hydrogen-bond donors (Lipinski definition) is 1. The number of aryl methyl sites for hydroxylation is 4. The van der Waals surface area contributed by atoms with Gasteiger partial charge in [-0.3, -0.25) is 4.68 Å². The average Bonchev–Trinajstić information content (AvgIpc) is 2.77. The van der Waals surface area contributed by atoms with Gasteiger partial charge in [0.05, 0.1) is 23.0 Å². The summed E-state index contributed by atoms with van der Waals surface area (Å²) in [6, 6.07) is 4.53. The van der Waals surface area contributed by atoms with Crippen LogP contribution in [-0.4, -0.2) is 16.3 Å². The van der Waals surface area contributed by atoms with Gasteiger partial charge < -0.3 is 5.32 Å². The highest BCUT2D eigenvalue weighted by Crippen LogP contribution is 2.32. The fourth-order valence-corrected chi connectivity index (χ4v) is 3.35. The van der Waals surface area contributed by atoms with Gasteiger partial charge in [0.15, 0.2) is 0 Å². The number of aromatic nitrogens is 2. The molecule has 3 nitrogen and oxygen atoms in total. The fourth-order valence-electron chi connectivity index (χ4n) is 3.10. The molecule has 1 aromatic heterocycles. The van der Waals surface area contributed by atoms with E-state index >= 15 is 0 Å². The van der Waals surface area contributed by atoms with E-state index in [1.807, 2.05) is 4.68 Å². The number of hydrogen-bond acceptors (Lipinski definition) is 2. The van der Waals surface area contributed by atoms with E-state index in [1.54, 1.807) is 6.20 Å². The van der Waals surface area contributed by atoms with Crippen LogP contribution in [-0.2, 0) is 6.54 Å². The second kappa shape index (κ2) is 6.63. The lowest BCUT2D eigenvalue weighted by atomic mass is 9.92. The molecule has 2 aromatic rings. The highest BCUT2D eigenvalue weighted by Gasteiger charge is 2.24. The van der Waals surface area contributed by atoms with E-state index in [4.69, 9.17) is 11.6 Å². The SMILES string of the molecule is CCNC(c1c(C)cc(C)cc1C)c1c(Cl)cnn1CC. The summed E-state index contributed by atoms with van der Waals surface area (Å²) in [5, 5.41) is 8.68. The van der Waals surface area contributed by atoms with Crippen LogP contribution in [0.15, 0.2) is 18.3 Å². The molecule has 1 atom stereocenters. The third-order valence-electron chi connectivity index (χ3n) is 3.84. The van der Waals surface area contributed by atoms with Crippen molar-refractivity contribution in [2.75, 3.05) is 6.54 Å². The Morgan fingerprint density at radius 2 is 1.81 bits per heavy atom. The average molecular weight is 306 g/mol. The van der Waals surface area contributed by atoms with Crippen molar-refractivity contribution >= 4 is 11.6 Å². The van der Waals surface area contributed by atoms with Gasteiger partial charge in [-0.2, -0.15) is 5.10 Å². The topological polar surface area (TPSA) is 29.9 Å². The quantitative estimate of drug-likeness (QED) is 0.898. The summed E-state index contributed by atoms with van der Waals surface area (Å²) in [4.78, 5) is 0. The minimum Gasteiger partial charge on any atom is -0.305 e. The van der Waals surface area contributed by atoms with Crippen LogP contribution in [0.5, 0.6) is 0 Å². The highest BCUT2D eigenvalue weighted by molar-refractivity contribution is 6.31. The molecular formula is C17H24ClN3. The first-order valence-electron chi connectivity index (χ1n) is 7.51. The Kier molecular flexibility index (Phi) is 5.07. The summed E-state index contributed by atoms with van der Waals surface area (Å²) in [5.74, 6) is 0. The van der Waals surface area contributed by atoms with E-state index in [1.165, 1.54) is 22.3 Å². The second-order valence-corrected chi connectivity index (χ2v) is 5.90.